The van der Waals surface area contributed by atoms with Crippen LogP contribution in [0.5, 0.6) is 0 Å². The molecular weight excluding hydrogens is 455 g/mol. The molecule has 0 atom stereocenters. The largest absolute Gasteiger partial charge is 0.456 e. The maximum Gasteiger partial charge on any atom is 0.306 e. The molecule has 0 fully saturated rings. The Morgan fingerprint density at radius 2 is 1.71 bits per heavy atom. The van der Waals surface area contributed by atoms with E-state index in [1.54, 1.807) is 18.2 Å². The fourth-order valence-corrected chi connectivity index (χ4v) is 2.87. The van der Waals surface area contributed by atoms with E-state index in [-0.39, 0.29) is 25.2 Å². The minimum Gasteiger partial charge on any atom is -0.456 e. The second kappa shape index (κ2) is 10.8. The Hall–Kier alpha value is -2.45. The zero-order valence-corrected chi connectivity index (χ0v) is 17.0. The minimum atomic E-state index is -0.591. The Morgan fingerprint density at radius 3 is 2.39 bits per heavy atom. The average Bonchev–Trinajstić information content (AvgIpc) is 2.64. The first-order valence-corrected chi connectivity index (χ1v) is 9.46. The van der Waals surface area contributed by atoms with Crippen molar-refractivity contribution in [1.29, 1.82) is 0 Å². The van der Waals surface area contributed by atoms with Gasteiger partial charge in [0.2, 0.25) is 5.91 Å². The Morgan fingerprint density at radius 1 is 1.00 bits per heavy atom. The Balaban J connectivity index is 1.64. The molecule has 0 radical (unpaired) electrons. The highest BCUT2D eigenvalue weighted by Crippen LogP contribution is 2.25. The van der Waals surface area contributed by atoms with Gasteiger partial charge in [-0.25, -0.2) is 4.39 Å². The monoisotopic (exact) mass is 470 g/mol. The summed E-state index contributed by atoms with van der Waals surface area (Å²) in [6.07, 6.45) is 0.336. The number of benzene rings is 2. The van der Waals surface area contributed by atoms with Crippen molar-refractivity contribution in [3.63, 3.8) is 0 Å². The molecule has 0 spiro atoms. The Labute approximate surface area is 174 Å². The third-order valence-corrected chi connectivity index (χ3v) is 4.29. The van der Waals surface area contributed by atoms with Crippen LogP contribution in [0.25, 0.3) is 0 Å². The van der Waals surface area contributed by atoms with E-state index >= 15 is 0 Å². The third-order valence-electron chi connectivity index (χ3n) is 3.48. The minimum absolute atomic E-state index is 0.0108. The number of hydrogen-bond donors (Lipinski definition) is 2. The molecule has 0 unspecified atom stereocenters. The summed E-state index contributed by atoms with van der Waals surface area (Å²) in [6.45, 7) is -0.451. The van der Waals surface area contributed by atoms with Gasteiger partial charge in [0.1, 0.15) is 5.82 Å². The lowest BCUT2D eigenvalue weighted by Crippen LogP contribution is -2.21. The lowest BCUT2D eigenvalue weighted by Gasteiger charge is -2.08. The number of hydrogen-bond acceptors (Lipinski definition) is 4. The van der Waals surface area contributed by atoms with Crippen LogP contribution in [0.1, 0.15) is 19.3 Å². The second-order valence-electron chi connectivity index (χ2n) is 5.74. The van der Waals surface area contributed by atoms with Crippen molar-refractivity contribution in [3.05, 3.63) is 57.8 Å². The van der Waals surface area contributed by atoms with Crippen molar-refractivity contribution in [2.75, 3.05) is 17.2 Å². The topological polar surface area (TPSA) is 84.5 Å². The molecule has 0 aliphatic rings. The van der Waals surface area contributed by atoms with Crippen molar-refractivity contribution in [1.82, 2.24) is 0 Å². The van der Waals surface area contributed by atoms with E-state index in [2.05, 4.69) is 26.6 Å². The number of rotatable bonds is 8. The standard InChI is InChI=1S/C19H17BrClFN2O4/c20-12-4-9-16(15(21)10-12)24-18(26)11-28-19(27)3-1-2-17(25)23-14-7-5-13(22)6-8-14/h4-10H,1-3,11H2,(H,23,25)(H,24,26). The van der Waals surface area contributed by atoms with E-state index in [0.29, 0.717) is 16.4 Å². The molecule has 2 aromatic carbocycles. The highest BCUT2D eigenvalue weighted by Gasteiger charge is 2.11. The third kappa shape index (κ3) is 7.66. The van der Waals surface area contributed by atoms with E-state index in [1.165, 1.54) is 24.3 Å². The van der Waals surface area contributed by atoms with E-state index in [0.717, 1.165) is 4.47 Å². The van der Waals surface area contributed by atoms with Crippen LogP contribution in [-0.4, -0.2) is 24.4 Å². The first kappa shape index (κ1) is 21.8. The number of nitrogens with one attached hydrogen (secondary N) is 2. The van der Waals surface area contributed by atoms with Crippen LogP contribution in [0.15, 0.2) is 46.9 Å². The summed E-state index contributed by atoms with van der Waals surface area (Å²) in [6, 6.07) is 10.3. The molecule has 0 bridgehead atoms. The molecule has 0 aliphatic heterocycles. The van der Waals surface area contributed by atoms with Crippen molar-refractivity contribution in [2.45, 2.75) is 19.3 Å². The molecule has 2 rings (SSSR count). The molecule has 9 heteroatoms. The number of ether oxygens (including phenoxy) is 1. The number of esters is 1. The van der Waals surface area contributed by atoms with E-state index < -0.39 is 24.3 Å². The van der Waals surface area contributed by atoms with Gasteiger partial charge in [-0.05, 0) is 48.9 Å². The van der Waals surface area contributed by atoms with Gasteiger partial charge in [0.05, 0.1) is 10.7 Å². The number of halogens is 3. The molecule has 2 amide bonds. The number of amides is 2. The van der Waals surface area contributed by atoms with Crippen LogP contribution in [-0.2, 0) is 19.1 Å². The first-order chi connectivity index (χ1) is 13.3. The number of anilines is 2. The fourth-order valence-electron chi connectivity index (χ4n) is 2.15. The van der Waals surface area contributed by atoms with Crippen LogP contribution in [0.3, 0.4) is 0 Å². The second-order valence-corrected chi connectivity index (χ2v) is 7.06. The lowest BCUT2D eigenvalue weighted by molar-refractivity contribution is -0.147. The first-order valence-electron chi connectivity index (χ1n) is 8.29. The molecule has 0 aliphatic carbocycles. The average molecular weight is 472 g/mol. The summed E-state index contributed by atoms with van der Waals surface area (Å²) in [7, 11) is 0. The molecule has 2 aromatic rings. The van der Waals surface area contributed by atoms with Crippen molar-refractivity contribution >= 4 is 56.7 Å². The van der Waals surface area contributed by atoms with Crippen LogP contribution in [0.4, 0.5) is 15.8 Å². The maximum absolute atomic E-state index is 12.8. The molecule has 0 heterocycles. The van der Waals surface area contributed by atoms with Gasteiger partial charge in [-0.2, -0.15) is 0 Å². The summed E-state index contributed by atoms with van der Waals surface area (Å²) in [5, 5.41) is 5.48. The highest BCUT2D eigenvalue weighted by atomic mass is 79.9. The molecule has 2 N–H and O–H groups in total. The predicted octanol–water partition coefficient (Wildman–Crippen LogP) is 4.53. The van der Waals surface area contributed by atoms with Gasteiger partial charge in [-0.3, -0.25) is 14.4 Å². The summed E-state index contributed by atoms with van der Waals surface area (Å²) >= 11 is 9.25. The van der Waals surface area contributed by atoms with Gasteiger partial charge in [0.25, 0.3) is 5.91 Å². The van der Waals surface area contributed by atoms with Gasteiger partial charge < -0.3 is 15.4 Å². The Bertz CT molecular complexity index is 862. The van der Waals surface area contributed by atoms with Crippen LogP contribution in [0.2, 0.25) is 5.02 Å². The smallest absolute Gasteiger partial charge is 0.306 e. The van der Waals surface area contributed by atoms with E-state index in [9.17, 15) is 18.8 Å². The van der Waals surface area contributed by atoms with Crippen LogP contribution in [0, 0.1) is 5.82 Å². The summed E-state index contributed by atoms with van der Waals surface area (Å²) in [4.78, 5) is 35.3. The van der Waals surface area contributed by atoms with Crippen LogP contribution >= 0.6 is 27.5 Å². The normalized spacial score (nSPS) is 10.2. The van der Waals surface area contributed by atoms with E-state index in [1.807, 2.05) is 0 Å². The van der Waals surface area contributed by atoms with Gasteiger partial charge in [0.15, 0.2) is 6.61 Å². The fraction of sp³-hybridized carbons (Fsp3) is 0.211. The van der Waals surface area contributed by atoms with Crippen molar-refractivity contribution < 1.29 is 23.5 Å². The maximum atomic E-state index is 12.8. The quantitative estimate of drug-likeness (QED) is 0.554. The SMILES string of the molecule is O=C(CCCC(=O)OCC(=O)Nc1ccc(Br)cc1Cl)Nc1ccc(F)cc1. The van der Waals surface area contributed by atoms with E-state index in [4.69, 9.17) is 16.3 Å². The molecule has 148 valence electrons. The highest BCUT2D eigenvalue weighted by molar-refractivity contribution is 9.10. The summed E-state index contributed by atoms with van der Waals surface area (Å²) < 4.78 is 18.4. The lowest BCUT2D eigenvalue weighted by atomic mass is 10.2. The summed E-state index contributed by atoms with van der Waals surface area (Å²) in [5.74, 6) is -1.81. The van der Waals surface area contributed by atoms with Crippen molar-refractivity contribution in [2.24, 2.45) is 0 Å². The number of carbonyl (C=O) groups excluding carboxylic acids is 3. The number of carbonyl (C=O) groups is 3. The van der Waals surface area contributed by atoms with Gasteiger partial charge in [0, 0.05) is 23.0 Å². The zero-order chi connectivity index (χ0) is 20.5. The molecule has 0 aromatic heterocycles. The molecule has 28 heavy (non-hydrogen) atoms. The molecule has 0 saturated carbocycles. The zero-order valence-electron chi connectivity index (χ0n) is 14.6. The van der Waals surface area contributed by atoms with Crippen molar-refractivity contribution in [3.8, 4) is 0 Å². The molecular formula is C19H17BrClFN2O4. The molecule has 0 saturated heterocycles. The van der Waals surface area contributed by atoms with Gasteiger partial charge in [-0.15, -0.1) is 0 Å². The summed E-state index contributed by atoms with van der Waals surface area (Å²) in [5.41, 5.74) is 0.876. The predicted molar refractivity (Wildman–Crippen MR) is 108 cm³/mol. The Kier molecular flexibility index (Phi) is 8.41. The van der Waals surface area contributed by atoms with Crippen LogP contribution < -0.4 is 10.6 Å². The molecule has 6 nitrogen and oxygen atoms in total. The van der Waals surface area contributed by atoms with Gasteiger partial charge >= 0.3 is 5.97 Å². The van der Waals surface area contributed by atoms with Gasteiger partial charge in [-0.1, -0.05) is 27.5 Å².